The van der Waals surface area contributed by atoms with Gasteiger partial charge < -0.3 is 10.0 Å². The molecular formula is C19H20N2O3. The van der Waals surface area contributed by atoms with Crippen LogP contribution in [0, 0.1) is 5.92 Å². The first kappa shape index (κ1) is 15.1. The smallest absolute Gasteiger partial charge is 0.326 e. The predicted octanol–water partition coefficient (Wildman–Crippen LogP) is 3.09. The summed E-state index contributed by atoms with van der Waals surface area (Å²) in [6, 6.07) is 6.94. The zero-order valence-electron chi connectivity index (χ0n) is 13.4. The largest absolute Gasteiger partial charge is 0.480 e. The van der Waals surface area contributed by atoms with Crippen molar-refractivity contribution in [3.8, 4) is 0 Å². The minimum atomic E-state index is -0.897. The van der Waals surface area contributed by atoms with Gasteiger partial charge in [0, 0.05) is 23.8 Å². The van der Waals surface area contributed by atoms with Crippen LogP contribution in [0.5, 0.6) is 0 Å². The highest BCUT2D eigenvalue weighted by atomic mass is 16.4. The molecule has 0 radical (unpaired) electrons. The van der Waals surface area contributed by atoms with Gasteiger partial charge in [-0.1, -0.05) is 37.1 Å². The Labute approximate surface area is 140 Å². The van der Waals surface area contributed by atoms with E-state index in [1.165, 1.54) is 0 Å². The Balaban J connectivity index is 1.77. The van der Waals surface area contributed by atoms with E-state index in [0.717, 1.165) is 36.5 Å². The maximum Gasteiger partial charge on any atom is 0.326 e. The Kier molecular flexibility index (Phi) is 3.71. The highest BCUT2D eigenvalue weighted by Gasteiger charge is 2.47. The third-order valence-corrected chi connectivity index (χ3v) is 5.51. The molecule has 5 heteroatoms. The number of amides is 1. The average Bonchev–Trinajstić information content (AvgIpc) is 3.00. The van der Waals surface area contributed by atoms with Crippen molar-refractivity contribution in [3.05, 3.63) is 42.2 Å². The second-order valence-corrected chi connectivity index (χ2v) is 6.82. The number of carboxylic acids is 1. The van der Waals surface area contributed by atoms with Gasteiger partial charge in [0.1, 0.15) is 6.04 Å². The van der Waals surface area contributed by atoms with E-state index in [2.05, 4.69) is 4.98 Å². The van der Waals surface area contributed by atoms with E-state index in [1.54, 1.807) is 17.3 Å². The van der Waals surface area contributed by atoms with Crippen LogP contribution in [0.4, 0.5) is 0 Å². The Hall–Kier alpha value is -2.43. The number of carbonyl (C=O) groups is 2. The summed E-state index contributed by atoms with van der Waals surface area (Å²) in [7, 11) is 0. The molecule has 3 atom stereocenters. The molecule has 1 aromatic heterocycles. The average molecular weight is 324 g/mol. The van der Waals surface area contributed by atoms with Crippen molar-refractivity contribution in [2.45, 2.75) is 44.2 Å². The second kappa shape index (κ2) is 5.89. The standard InChI is InChI=1S/C19H20N2O3/c22-18(15-11-20-10-13-6-1-3-7-14(13)15)21-16-8-4-2-5-12(16)9-17(21)19(23)24/h1,3,6-7,10-12,16-17H,2,4-5,8-9H2,(H,23,24). The molecule has 0 bridgehead atoms. The summed E-state index contributed by atoms with van der Waals surface area (Å²) >= 11 is 0. The lowest BCUT2D eigenvalue weighted by atomic mass is 9.84. The van der Waals surface area contributed by atoms with Crippen LogP contribution in [0.15, 0.2) is 36.7 Å². The van der Waals surface area contributed by atoms with Crippen molar-refractivity contribution in [2.75, 3.05) is 0 Å². The molecule has 1 amide bonds. The van der Waals surface area contributed by atoms with Gasteiger partial charge in [0.25, 0.3) is 5.91 Å². The molecule has 2 aromatic rings. The molecule has 1 aromatic carbocycles. The molecule has 2 fully saturated rings. The third kappa shape index (κ3) is 2.35. The van der Waals surface area contributed by atoms with Gasteiger partial charge in [-0.3, -0.25) is 9.78 Å². The lowest BCUT2D eigenvalue weighted by Crippen LogP contribution is -2.46. The Morgan fingerprint density at radius 3 is 2.75 bits per heavy atom. The third-order valence-electron chi connectivity index (χ3n) is 5.51. The molecule has 1 saturated carbocycles. The van der Waals surface area contributed by atoms with Crippen LogP contribution in [0.2, 0.25) is 0 Å². The van der Waals surface area contributed by atoms with E-state index in [4.69, 9.17) is 0 Å². The van der Waals surface area contributed by atoms with Crippen molar-refractivity contribution in [1.82, 2.24) is 9.88 Å². The summed E-state index contributed by atoms with van der Waals surface area (Å²) < 4.78 is 0. The molecule has 2 aliphatic rings. The number of likely N-dealkylation sites (tertiary alicyclic amines) is 1. The van der Waals surface area contributed by atoms with Gasteiger partial charge in [0.2, 0.25) is 0 Å². The number of carboxylic acid groups (broad SMARTS) is 1. The molecule has 3 unspecified atom stereocenters. The fourth-order valence-corrected chi connectivity index (χ4v) is 4.40. The van der Waals surface area contributed by atoms with Gasteiger partial charge >= 0.3 is 5.97 Å². The van der Waals surface area contributed by atoms with Gasteiger partial charge in [0.15, 0.2) is 0 Å². The predicted molar refractivity (Wildman–Crippen MR) is 89.7 cm³/mol. The van der Waals surface area contributed by atoms with E-state index >= 15 is 0 Å². The SMILES string of the molecule is O=C(O)C1CC2CCCCC2N1C(=O)c1cncc2ccccc12. The van der Waals surface area contributed by atoms with Crippen molar-refractivity contribution in [1.29, 1.82) is 0 Å². The van der Waals surface area contributed by atoms with Crippen LogP contribution in [-0.4, -0.2) is 39.0 Å². The molecule has 1 aliphatic heterocycles. The summed E-state index contributed by atoms with van der Waals surface area (Å²) in [5, 5.41) is 11.4. The minimum absolute atomic E-state index is 0.0475. The van der Waals surface area contributed by atoms with Gasteiger partial charge in [-0.05, 0) is 30.6 Å². The van der Waals surface area contributed by atoms with Crippen LogP contribution in [0.3, 0.4) is 0 Å². The number of fused-ring (bicyclic) bond motifs is 2. The zero-order valence-corrected chi connectivity index (χ0v) is 13.4. The highest BCUT2D eigenvalue weighted by molar-refractivity contribution is 6.07. The maximum atomic E-state index is 13.3. The summed E-state index contributed by atoms with van der Waals surface area (Å²) in [5.41, 5.74) is 0.505. The fourth-order valence-electron chi connectivity index (χ4n) is 4.40. The topological polar surface area (TPSA) is 70.5 Å². The quantitative estimate of drug-likeness (QED) is 0.921. The zero-order chi connectivity index (χ0) is 16.7. The molecular weight excluding hydrogens is 304 g/mol. The van der Waals surface area contributed by atoms with Crippen molar-refractivity contribution in [3.63, 3.8) is 0 Å². The molecule has 5 nitrogen and oxygen atoms in total. The van der Waals surface area contributed by atoms with E-state index in [-0.39, 0.29) is 11.9 Å². The van der Waals surface area contributed by atoms with Crippen LogP contribution in [0.1, 0.15) is 42.5 Å². The van der Waals surface area contributed by atoms with Crippen molar-refractivity contribution >= 4 is 22.6 Å². The molecule has 1 saturated heterocycles. The number of rotatable bonds is 2. The molecule has 24 heavy (non-hydrogen) atoms. The van der Waals surface area contributed by atoms with Crippen molar-refractivity contribution < 1.29 is 14.7 Å². The molecule has 1 aliphatic carbocycles. The van der Waals surface area contributed by atoms with E-state index in [9.17, 15) is 14.7 Å². The van der Waals surface area contributed by atoms with E-state index < -0.39 is 12.0 Å². The number of pyridine rings is 1. The Bertz CT molecular complexity index is 799. The maximum absolute atomic E-state index is 13.3. The number of carbonyl (C=O) groups excluding carboxylic acids is 1. The van der Waals surface area contributed by atoms with Gasteiger partial charge in [0.05, 0.1) is 5.56 Å². The summed E-state index contributed by atoms with van der Waals surface area (Å²) in [6.07, 6.45) is 7.98. The van der Waals surface area contributed by atoms with Crippen LogP contribution >= 0.6 is 0 Å². The van der Waals surface area contributed by atoms with Crippen LogP contribution in [0.25, 0.3) is 10.8 Å². The minimum Gasteiger partial charge on any atom is -0.480 e. The number of hydrogen-bond acceptors (Lipinski definition) is 3. The van der Waals surface area contributed by atoms with E-state index in [0.29, 0.717) is 17.9 Å². The summed E-state index contributed by atoms with van der Waals surface area (Å²) in [6.45, 7) is 0. The number of nitrogens with zero attached hydrogens (tertiary/aromatic N) is 2. The number of aliphatic carboxylic acids is 1. The van der Waals surface area contributed by atoms with Crippen LogP contribution in [-0.2, 0) is 4.79 Å². The number of hydrogen-bond donors (Lipinski definition) is 1. The summed E-state index contributed by atoms with van der Waals surface area (Å²) in [4.78, 5) is 30.8. The first-order valence-electron chi connectivity index (χ1n) is 8.55. The van der Waals surface area contributed by atoms with Gasteiger partial charge in [-0.25, -0.2) is 4.79 Å². The second-order valence-electron chi connectivity index (χ2n) is 6.82. The monoisotopic (exact) mass is 324 g/mol. The Morgan fingerprint density at radius 1 is 1.12 bits per heavy atom. The number of aromatic nitrogens is 1. The molecule has 0 spiro atoms. The lowest BCUT2D eigenvalue weighted by Gasteiger charge is -2.33. The highest BCUT2D eigenvalue weighted by Crippen LogP contribution is 2.40. The van der Waals surface area contributed by atoms with Crippen molar-refractivity contribution in [2.24, 2.45) is 5.92 Å². The van der Waals surface area contributed by atoms with E-state index in [1.807, 2.05) is 24.3 Å². The summed E-state index contributed by atoms with van der Waals surface area (Å²) in [5.74, 6) is -0.779. The first-order valence-corrected chi connectivity index (χ1v) is 8.55. The van der Waals surface area contributed by atoms with Gasteiger partial charge in [-0.2, -0.15) is 0 Å². The Morgan fingerprint density at radius 2 is 1.92 bits per heavy atom. The molecule has 2 heterocycles. The first-order chi connectivity index (χ1) is 11.7. The normalized spacial score (nSPS) is 26.3. The molecule has 124 valence electrons. The fraction of sp³-hybridized carbons (Fsp3) is 0.421. The lowest BCUT2D eigenvalue weighted by molar-refractivity contribution is -0.141. The number of benzene rings is 1. The van der Waals surface area contributed by atoms with Gasteiger partial charge in [-0.15, -0.1) is 0 Å². The molecule has 1 N–H and O–H groups in total. The molecule has 4 rings (SSSR count). The van der Waals surface area contributed by atoms with Crippen LogP contribution < -0.4 is 0 Å².